The van der Waals surface area contributed by atoms with Crippen LogP contribution in [0.5, 0.6) is 0 Å². The van der Waals surface area contributed by atoms with Gasteiger partial charge in [-0.3, -0.25) is 9.59 Å². The lowest BCUT2D eigenvalue weighted by Gasteiger charge is -2.32. The van der Waals surface area contributed by atoms with Crippen LogP contribution in [0.25, 0.3) is 0 Å². The van der Waals surface area contributed by atoms with E-state index in [1.165, 1.54) is 0 Å². The van der Waals surface area contributed by atoms with Gasteiger partial charge in [-0.1, -0.05) is 13.0 Å². The summed E-state index contributed by atoms with van der Waals surface area (Å²) in [6, 6.07) is 6.04. The average Bonchev–Trinajstić information content (AvgIpc) is 2.46. The molecular weight excluding hydrogens is 276 g/mol. The van der Waals surface area contributed by atoms with Gasteiger partial charge in [0.25, 0.3) is 0 Å². The zero-order valence-corrected chi connectivity index (χ0v) is 13.8. The van der Waals surface area contributed by atoms with E-state index in [0.29, 0.717) is 13.0 Å². The van der Waals surface area contributed by atoms with Crippen LogP contribution in [-0.2, 0) is 9.59 Å². The first-order valence-corrected chi connectivity index (χ1v) is 8.16. The van der Waals surface area contributed by atoms with Crippen LogP contribution in [0.2, 0.25) is 0 Å². The molecule has 1 N–H and O–H groups in total. The van der Waals surface area contributed by atoms with Gasteiger partial charge in [0.05, 0.1) is 5.92 Å². The molecule has 4 heteroatoms. The van der Waals surface area contributed by atoms with E-state index in [1.54, 1.807) is 0 Å². The van der Waals surface area contributed by atoms with Crippen LogP contribution in [0.4, 0.5) is 5.69 Å². The molecular formula is C18H26N2O2. The smallest absolute Gasteiger partial charge is 0.229 e. The first kappa shape index (κ1) is 16.5. The first-order valence-electron chi connectivity index (χ1n) is 8.16. The molecule has 22 heavy (non-hydrogen) atoms. The lowest BCUT2D eigenvalue weighted by atomic mass is 9.96. The number of benzene rings is 1. The van der Waals surface area contributed by atoms with Crippen molar-refractivity contribution in [1.82, 2.24) is 4.90 Å². The number of aryl methyl sites for hydroxylation is 2. The molecule has 2 amide bonds. The zero-order valence-electron chi connectivity index (χ0n) is 13.8. The maximum Gasteiger partial charge on any atom is 0.229 e. The van der Waals surface area contributed by atoms with Gasteiger partial charge >= 0.3 is 0 Å². The van der Waals surface area contributed by atoms with Crippen LogP contribution < -0.4 is 5.32 Å². The van der Waals surface area contributed by atoms with E-state index < -0.39 is 0 Å². The van der Waals surface area contributed by atoms with Crippen molar-refractivity contribution in [3.63, 3.8) is 0 Å². The minimum Gasteiger partial charge on any atom is -0.342 e. The highest BCUT2D eigenvalue weighted by Gasteiger charge is 2.28. The molecule has 0 aliphatic carbocycles. The van der Waals surface area contributed by atoms with E-state index >= 15 is 0 Å². The van der Waals surface area contributed by atoms with Crippen molar-refractivity contribution in [1.29, 1.82) is 0 Å². The van der Waals surface area contributed by atoms with Crippen molar-refractivity contribution in [2.24, 2.45) is 5.92 Å². The fraction of sp³-hybridized carbons (Fsp3) is 0.556. The summed E-state index contributed by atoms with van der Waals surface area (Å²) >= 11 is 0. The van der Waals surface area contributed by atoms with Gasteiger partial charge in [0.1, 0.15) is 0 Å². The Kier molecular flexibility index (Phi) is 5.58. The number of nitrogens with one attached hydrogen (secondary N) is 1. The largest absolute Gasteiger partial charge is 0.342 e. The van der Waals surface area contributed by atoms with Crippen LogP contribution in [0.3, 0.4) is 0 Å². The quantitative estimate of drug-likeness (QED) is 0.928. The molecule has 0 aromatic heterocycles. The monoisotopic (exact) mass is 302 g/mol. The van der Waals surface area contributed by atoms with Gasteiger partial charge in [0.2, 0.25) is 11.8 Å². The van der Waals surface area contributed by atoms with E-state index in [4.69, 9.17) is 0 Å². The Morgan fingerprint density at radius 1 is 1.23 bits per heavy atom. The molecule has 2 rings (SSSR count). The van der Waals surface area contributed by atoms with Gasteiger partial charge in [-0.05, 0) is 56.4 Å². The molecule has 0 radical (unpaired) electrons. The molecule has 4 nitrogen and oxygen atoms in total. The van der Waals surface area contributed by atoms with Gasteiger partial charge in [-0.25, -0.2) is 0 Å². The number of likely N-dealkylation sites (tertiary alicyclic amines) is 1. The fourth-order valence-electron chi connectivity index (χ4n) is 3.08. The predicted molar refractivity (Wildman–Crippen MR) is 88.8 cm³/mol. The van der Waals surface area contributed by atoms with Crippen molar-refractivity contribution in [2.45, 2.75) is 46.5 Å². The number of hydrogen-bond donors (Lipinski definition) is 1. The molecule has 1 aromatic carbocycles. The van der Waals surface area contributed by atoms with E-state index in [2.05, 4.69) is 11.4 Å². The van der Waals surface area contributed by atoms with E-state index in [0.717, 1.165) is 42.6 Å². The van der Waals surface area contributed by atoms with Crippen molar-refractivity contribution in [2.75, 3.05) is 18.4 Å². The van der Waals surface area contributed by atoms with Crippen LogP contribution in [0, 0.1) is 19.8 Å². The summed E-state index contributed by atoms with van der Waals surface area (Å²) < 4.78 is 0. The van der Waals surface area contributed by atoms with E-state index in [9.17, 15) is 9.59 Å². The maximum absolute atomic E-state index is 12.5. The molecule has 0 saturated carbocycles. The third-order valence-electron chi connectivity index (χ3n) is 4.10. The lowest BCUT2D eigenvalue weighted by molar-refractivity contribution is -0.134. The number of nitrogens with zero attached hydrogens (tertiary/aromatic N) is 1. The topological polar surface area (TPSA) is 49.4 Å². The number of amides is 2. The lowest BCUT2D eigenvalue weighted by Crippen LogP contribution is -2.43. The first-order chi connectivity index (χ1) is 10.5. The van der Waals surface area contributed by atoms with E-state index in [-0.39, 0.29) is 17.7 Å². The van der Waals surface area contributed by atoms with Crippen molar-refractivity contribution in [3.8, 4) is 0 Å². The molecule has 1 heterocycles. The van der Waals surface area contributed by atoms with Crippen LogP contribution >= 0.6 is 0 Å². The number of hydrogen-bond acceptors (Lipinski definition) is 2. The molecule has 0 bridgehead atoms. The number of carbonyl (C=O) groups excluding carboxylic acids is 2. The molecule has 1 unspecified atom stereocenters. The number of anilines is 1. The zero-order chi connectivity index (χ0) is 16.1. The highest BCUT2D eigenvalue weighted by molar-refractivity contribution is 5.93. The van der Waals surface area contributed by atoms with Crippen LogP contribution in [-0.4, -0.2) is 29.8 Å². The third-order valence-corrected chi connectivity index (χ3v) is 4.10. The van der Waals surface area contributed by atoms with Crippen molar-refractivity contribution >= 4 is 17.5 Å². The Bertz CT molecular complexity index is 534. The Hall–Kier alpha value is -1.84. The Morgan fingerprint density at radius 2 is 1.91 bits per heavy atom. The third kappa shape index (κ3) is 4.33. The van der Waals surface area contributed by atoms with Gasteiger partial charge < -0.3 is 10.2 Å². The summed E-state index contributed by atoms with van der Waals surface area (Å²) in [5.41, 5.74) is 3.12. The Labute approximate surface area is 132 Å². The molecule has 1 aromatic rings. The normalized spacial score (nSPS) is 18.1. The highest BCUT2D eigenvalue weighted by Crippen LogP contribution is 2.21. The van der Waals surface area contributed by atoms with Gasteiger partial charge in [-0.15, -0.1) is 0 Å². The molecule has 1 aliphatic rings. The molecule has 1 atom stereocenters. The second kappa shape index (κ2) is 7.43. The van der Waals surface area contributed by atoms with Gasteiger partial charge in [0.15, 0.2) is 0 Å². The standard InChI is InChI=1S/C18H26N2O2/c1-4-6-17(21)20-8-5-7-15(12-20)18(22)19-16-10-13(2)9-14(3)11-16/h9-11,15H,4-8,12H2,1-3H3,(H,19,22). The van der Waals surface area contributed by atoms with Gasteiger partial charge in [0, 0.05) is 25.2 Å². The molecule has 120 valence electrons. The maximum atomic E-state index is 12.5. The Balaban J connectivity index is 1.98. The summed E-state index contributed by atoms with van der Waals surface area (Å²) in [7, 11) is 0. The molecule has 1 fully saturated rings. The summed E-state index contributed by atoms with van der Waals surface area (Å²) in [6.07, 6.45) is 3.19. The fourth-order valence-corrected chi connectivity index (χ4v) is 3.08. The summed E-state index contributed by atoms with van der Waals surface area (Å²) in [5, 5.41) is 3.01. The van der Waals surface area contributed by atoms with Gasteiger partial charge in [-0.2, -0.15) is 0 Å². The summed E-state index contributed by atoms with van der Waals surface area (Å²) in [4.78, 5) is 26.3. The second-order valence-electron chi connectivity index (χ2n) is 6.29. The predicted octanol–water partition coefficient (Wildman–Crippen LogP) is 3.28. The summed E-state index contributed by atoms with van der Waals surface area (Å²) in [6.45, 7) is 7.39. The van der Waals surface area contributed by atoms with Crippen LogP contribution in [0.1, 0.15) is 43.7 Å². The summed E-state index contributed by atoms with van der Waals surface area (Å²) in [5.74, 6) is 0.0979. The van der Waals surface area contributed by atoms with Crippen molar-refractivity contribution < 1.29 is 9.59 Å². The number of carbonyl (C=O) groups is 2. The Morgan fingerprint density at radius 3 is 2.55 bits per heavy atom. The van der Waals surface area contributed by atoms with Crippen molar-refractivity contribution in [3.05, 3.63) is 29.3 Å². The average molecular weight is 302 g/mol. The molecule has 1 saturated heterocycles. The highest BCUT2D eigenvalue weighted by atomic mass is 16.2. The number of rotatable bonds is 4. The van der Waals surface area contributed by atoms with Crippen LogP contribution in [0.15, 0.2) is 18.2 Å². The molecule has 0 spiro atoms. The molecule has 1 aliphatic heterocycles. The minimum absolute atomic E-state index is 0.0269. The van der Waals surface area contributed by atoms with E-state index in [1.807, 2.05) is 37.8 Å². The second-order valence-corrected chi connectivity index (χ2v) is 6.29. The number of piperidine rings is 1. The minimum atomic E-state index is -0.102. The SMILES string of the molecule is CCCC(=O)N1CCCC(C(=O)Nc2cc(C)cc(C)c2)C1.